The number of nitriles is 1. The van der Waals surface area contributed by atoms with Gasteiger partial charge in [-0.1, -0.05) is 45.4 Å². The monoisotopic (exact) mass is 490 g/mol. The first kappa shape index (κ1) is 28.9. The van der Waals surface area contributed by atoms with Crippen molar-refractivity contribution in [2.75, 3.05) is 16.8 Å². The van der Waals surface area contributed by atoms with Crippen LogP contribution in [-0.4, -0.2) is 36.5 Å². The summed E-state index contributed by atoms with van der Waals surface area (Å²) in [6, 6.07) is 4.30. The number of halogens is 3. The first-order valence-corrected chi connectivity index (χ1v) is 13.0. The summed E-state index contributed by atoms with van der Waals surface area (Å²) in [5.74, 6) is -0.383. The summed E-state index contributed by atoms with van der Waals surface area (Å²) in [5, 5.41) is 21.5. The number of alkyl halides is 3. The van der Waals surface area contributed by atoms with E-state index < -0.39 is 38.6 Å². The van der Waals surface area contributed by atoms with E-state index in [1.54, 1.807) is 0 Å². The zero-order chi connectivity index (χ0) is 25.1. The lowest BCUT2D eigenvalue weighted by atomic mass is 9.96. The molecule has 33 heavy (non-hydrogen) atoms. The fourth-order valence-corrected chi connectivity index (χ4v) is 4.87. The summed E-state index contributed by atoms with van der Waals surface area (Å²) in [6.07, 6.45) is 1.30. The lowest BCUT2D eigenvalue weighted by Gasteiger charge is -2.22. The van der Waals surface area contributed by atoms with E-state index in [2.05, 4.69) is 5.32 Å². The highest BCUT2D eigenvalue weighted by atomic mass is 32.2. The Bertz CT molecular complexity index is 923. The fourth-order valence-electron chi connectivity index (χ4n) is 3.30. The molecule has 1 rings (SSSR count). The van der Waals surface area contributed by atoms with Gasteiger partial charge in [0.25, 0.3) is 5.91 Å². The SMILES string of the molecule is CCCCS(=O)(=O)CCCCCCCC[C@](C)(O)C(=O)Nc1ccc(C#N)c(C(F)(F)F)c1. The van der Waals surface area contributed by atoms with Crippen LogP contribution in [0, 0.1) is 11.3 Å². The van der Waals surface area contributed by atoms with Crippen LogP contribution in [0.5, 0.6) is 0 Å². The number of nitrogens with one attached hydrogen (secondary N) is 1. The second-order valence-corrected chi connectivity index (χ2v) is 10.8. The molecule has 0 aliphatic carbocycles. The van der Waals surface area contributed by atoms with Crippen molar-refractivity contribution >= 4 is 21.4 Å². The number of carbonyl (C=O) groups excluding carboxylic acids is 1. The maximum Gasteiger partial charge on any atom is 0.417 e. The van der Waals surface area contributed by atoms with Crippen LogP contribution >= 0.6 is 0 Å². The first-order chi connectivity index (χ1) is 15.3. The molecule has 2 N–H and O–H groups in total. The predicted molar refractivity (Wildman–Crippen MR) is 121 cm³/mol. The molecule has 0 heterocycles. The third-order valence-electron chi connectivity index (χ3n) is 5.37. The van der Waals surface area contributed by atoms with Crippen LogP contribution < -0.4 is 5.32 Å². The molecule has 0 saturated carbocycles. The van der Waals surface area contributed by atoms with E-state index in [9.17, 15) is 31.5 Å². The molecule has 0 unspecified atom stereocenters. The second-order valence-electron chi connectivity index (χ2n) is 8.47. The molecule has 0 radical (unpaired) electrons. The average Bonchev–Trinajstić information content (AvgIpc) is 2.73. The fraction of sp³-hybridized carbons (Fsp3) is 0.652. The Morgan fingerprint density at radius 2 is 1.64 bits per heavy atom. The largest absolute Gasteiger partial charge is 0.417 e. The Balaban J connectivity index is 2.41. The molecule has 1 aromatic rings. The van der Waals surface area contributed by atoms with Crippen molar-refractivity contribution in [1.82, 2.24) is 0 Å². The molecule has 0 aromatic heterocycles. The summed E-state index contributed by atoms with van der Waals surface area (Å²) in [4.78, 5) is 12.4. The van der Waals surface area contributed by atoms with Gasteiger partial charge in [-0.25, -0.2) is 8.42 Å². The molecule has 0 spiro atoms. The summed E-state index contributed by atoms with van der Waals surface area (Å²) in [5.41, 5.74) is -3.62. The van der Waals surface area contributed by atoms with Gasteiger partial charge in [0, 0.05) is 5.69 Å². The number of carbonyl (C=O) groups is 1. The zero-order valence-corrected chi connectivity index (χ0v) is 20.0. The van der Waals surface area contributed by atoms with Crippen LogP contribution in [-0.2, 0) is 20.8 Å². The maximum absolute atomic E-state index is 13.1. The van der Waals surface area contributed by atoms with Crippen molar-refractivity contribution < 1.29 is 31.5 Å². The summed E-state index contributed by atoms with van der Waals surface area (Å²) in [7, 11) is -2.97. The number of hydrogen-bond acceptors (Lipinski definition) is 5. The number of nitrogens with zero attached hydrogens (tertiary/aromatic N) is 1. The van der Waals surface area contributed by atoms with Crippen LogP contribution in [0.25, 0.3) is 0 Å². The number of benzene rings is 1. The van der Waals surface area contributed by atoms with Crippen molar-refractivity contribution in [3.63, 3.8) is 0 Å². The van der Waals surface area contributed by atoms with Gasteiger partial charge in [0.15, 0.2) is 0 Å². The van der Waals surface area contributed by atoms with Gasteiger partial charge in [-0.05, 0) is 44.4 Å². The van der Waals surface area contributed by atoms with Crippen molar-refractivity contribution in [1.29, 1.82) is 5.26 Å². The molecule has 1 atom stereocenters. The minimum absolute atomic E-state index is 0.132. The molecule has 0 saturated heterocycles. The van der Waals surface area contributed by atoms with E-state index in [0.29, 0.717) is 25.3 Å². The molecule has 186 valence electrons. The Morgan fingerprint density at radius 1 is 1.06 bits per heavy atom. The number of rotatable bonds is 14. The highest BCUT2D eigenvalue weighted by Crippen LogP contribution is 2.33. The number of aliphatic hydroxyl groups is 1. The maximum atomic E-state index is 13.1. The van der Waals surface area contributed by atoms with Gasteiger partial charge in [0.2, 0.25) is 0 Å². The molecular weight excluding hydrogens is 457 g/mol. The van der Waals surface area contributed by atoms with Crippen molar-refractivity contribution in [2.24, 2.45) is 0 Å². The Labute approximate surface area is 194 Å². The normalized spacial score (nSPS) is 13.8. The van der Waals surface area contributed by atoms with Gasteiger partial charge in [-0.2, -0.15) is 18.4 Å². The lowest BCUT2D eigenvalue weighted by Crippen LogP contribution is -2.40. The second kappa shape index (κ2) is 12.9. The minimum Gasteiger partial charge on any atom is -0.380 e. The van der Waals surface area contributed by atoms with Gasteiger partial charge < -0.3 is 10.4 Å². The number of anilines is 1. The van der Waals surface area contributed by atoms with Gasteiger partial charge in [0.05, 0.1) is 28.7 Å². The number of unbranched alkanes of at least 4 members (excludes halogenated alkanes) is 6. The summed E-state index contributed by atoms with van der Waals surface area (Å²) in [6.45, 7) is 3.26. The molecule has 6 nitrogen and oxygen atoms in total. The Morgan fingerprint density at radius 3 is 2.21 bits per heavy atom. The van der Waals surface area contributed by atoms with Crippen molar-refractivity contribution in [3.05, 3.63) is 29.3 Å². The lowest BCUT2D eigenvalue weighted by molar-refractivity contribution is -0.138. The quantitative estimate of drug-likeness (QED) is 0.348. The molecule has 0 aliphatic rings. The molecular formula is C23H33F3N2O4S. The third kappa shape index (κ3) is 10.6. The third-order valence-corrected chi connectivity index (χ3v) is 7.19. The van der Waals surface area contributed by atoms with E-state index in [-0.39, 0.29) is 23.6 Å². The van der Waals surface area contributed by atoms with Gasteiger partial charge in [0.1, 0.15) is 15.4 Å². The Hall–Kier alpha value is -2.12. The molecule has 1 aromatic carbocycles. The van der Waals surface area contributed by atoms with Crippen LogP contribution in [0.4, 0.5) is 18.9 Å². The van der Waals surface area contributed by atoms with Crippen LogP contribution in [0.3, 0.4) is 0 Å². The van der Waals surface area contributed by atoms with E-state index in [1.807, 2.05) is 6.92 Å². The number of sulfone groups is 1. The predicted octanol–water partition coefficient (Wildman–Crippen LogP) is 5.21. The zero-order valence-electron chi connectivity index (χ0n) is 19.2. The van der Waals surface area contributed by atoms with Crippen LogP contribution in [0.1, 0.15) is 82.8 Å². The molecule has 0 aliphatic heterocycles. The van der Waals surface area contributed by atoms with E-state index in [1.165, 1.54) is 19.1 Å². The topological polar surface area (TPSA) is 107 Å². The highest BCUT2D eigenvalue weighted by Gasteiger charge is 2.35. The smallest absolute Gasteiger partial charge is 0.380 e. The number of hydrogen-bond donors (Lipinski definition) is 2. The van der Waals surface area contributed by atoms with Gasteiger partial charge in [-0.3, -0.25) is 4.79 Å². The van der Waals surface area contributed by atoms with Crippen LogP contribution in [0.15, 0.2) is 18.2 Å². The first-order valence-electron chi connectivity index (χ1n) is 11.2. The minimum atomic E-state index is -4.74. The molecule has 10 heteroatoms. The highest BCUT2D eigenvalue weighted by molar-refractivity contribution is 7.91. The summed E-state index contributed by atoms with van der Waals surface area (Å²) < 4.78 is 62.8. The van der Waals surface area contributed by atoms with E-state index >= 15 is 0 Å². The molecule has 0 bridgehead atoms. The van der Waals surface area contributed by atoms with E-state index in [0.717, 1.165) is 38.2 Å². The van der Waals surface area contributed by atoms with Crippen molar-refractivity contribution in [3.8, 4) is 6.07 Å². The summed E-state index contributed by atoms with van der Waals surface area (Å²) >= 11 is 0. The molecule has 1 amide bonds. The van der Waals surface area contributed by atoms with E-state index in [4.69, 9.17) is 5.26 Å². The van der Waals surface area contributed by atoms with Gasteiger partial charge >= 0.3 is 6.18 Å². The van der Waals surface area contributed by atoms with Gasteiger partial charge in [-0.15, -0.1) is 0 Å². The standard InChI is InChI=1S/C23H33F3N2O4S/c1-3-4-14-33(31,32)15-10-8-6-5-7-9-13-22(2,30)21(29)28-19-12-11-18(17-27)20(16-19)23(24,25)26/h11-12,16,30H,3-10,13-15H2,1-2H3,(H,28,29)/t22-/m0/s1. The number of amides is 1. The average molecular weight is 491 g/mol. The Kier molecular flexibility index (Phi) is 11.3. The van der Waals surface area contributed by atoms with Crippen LogP contribution in [0.2, 0.25) is 0 Å². The van der Waals surface area contributed by atoms with Crippen molar-refractivity contribution in [2.45, 2.75) is 83.4 Å². The molecule has 0 fully saturated rings.